The van der Waals surface area contributed by atoms with Crippen LogP contribution in [0.5, 0.6) is 0 Å². The minimum Gasteiger partial charge on any atom is -0.298 e. The lowest BCUT2D eigenvalue weighted by molar-refractivity contribution is 0.112. The molecule has 1 nitrogen and oxygen atoms in total. The Bertz CT molecular complexity index is 394. The highest BCUT2D eigenvalue weighted by Crippen LogP contribution is 2.14. The fourth-order valence-corrected chi connectivity index (χ4v) is 1.34. The molecule has 0 heterocycles. The number of carbonyl (C=O) groups is 1. The van der Waals surface area contributed by atoms with Gasteiger partial charge < -0.3 is 0 Å². The Kier molecular flexibility index (Phi) is 4.71. The minimum atomic E-state index is 0.571. The Morgan fingerprint density at radius 2 is 1.81 bits per heavy atom. The molecular weight excluding hydrogens is 196 g/mol. The van der Waals surface area contributed by atoms with Crippen molar-refractivity contribution < 1.29 is 4.79 Å². The van der Waals surface area contributed by atoms with Crippen molar-refractivity contribution in [3.63, 3.8) is 0 Å². The molecule has 0 amide bonds. The van der Waals surface area contributed by atoms with Crippen LogP contribution in [-0.4, -0.2) is 6.29 Å². The van der Waals surface area contributed by atoms with E-state index in [4.69, 9.17) is 0 Å². The summed E-state index contributed by atoms with van der Waals surface area (Å²) >= 11 is 0. The van der Waals surface area contributed by atoms with Gasteiger partial charge in [-0.15, -0.1) is 0 Å². The first-order chi connectivity index (χ1) is 7.63. The summed E-state index contributed by atoms with van der Waals surface area (Å²) in [6.45, 7) is 6.37. The van der Waals surface area contributed by atoms with Gasteiger partial charge >= 0.3 is 0 Å². The van der Waals surface area contributed by atoms with Crippen molar-refractivity contribution in [3.05, 3.63) is 53.6 Å². The maximum atomic E-state index is 10.5. The Balaban J connectivity index is 2.79. The van der Waals surface area contributed by atoms with Crippen LogP contribution in [0.25, 0.3) is 5.57 Å². The van der Waals surface area contributed by atoms with Crippen molar-refractivity contribution >= 4 is 11.9 Å². The fraction of sp³-hybridized carbons (Fsp3) is 0.267. The minimum absolute atomic E-state index is 0.571. The molecule has 0 aliphatic rings. The summed E-state index contributed by atoms with van der Waals surface area (Å²) in [4.78, 5) is 10.5. The van der Waals surface area contributed by atoms with Crippen LogP contribution in [0.15, 0.2) is 42.5 Å². The van der Waals surface area contributed by atoms with Gasteiger partial charge in [-0.1, -0.05) is 56.3 Å². The first kappa shape index (κ1) is 12.4. The highest BCUT2D eigenvalue weighted by atomic mass is 16.1. The van der Waals surface area contributed by atoms with E-state index >= 15 is 0 Å². The number of hydrogen-bond donors (Lipinski definition) is 0. The van der Waals surface area contributed by atoms with E-state index in [0.29, 0.717) is 11.5 Å². The lowest BCUT2D eigenvalue weighted by atomic mass is 10.0. The normalized spacial score (nSPS) is 12.4. The van der Waals surface area contributed by atoms with E-state index in [-0.39, 0.29) is 0 Å². The van der Waals surface area contributed by atoms with E-state index in [1.165, 1.54) is 5.57 Å². The smallest absolute Gasteiger partial charge is 0.150 e. The number of allylic oxidation sites excluding steroid dienone is 4. The monoisotopic (exact) mass is 214 g/mol. The first-order valence-electron chi connectivity index (χ1n) is 5.54. The molecule has 1 aromatic carbocycles. The SMILES string of the molecule is C/C(=C\C=C\C(C)C)c1ccc(C=O)cc1. The Morgan fingerprint density at radius 1 is 1.19 bits per heavy atom. The average molecular weight is 214 g/mol. The van der Waals surface area contributed by atoms with Crippen LogP contribution < -0.4 is 0 Å². The van der Waals surface area contributed by atoms with Crippen molar-refractivity contribution in [2.75, 3.05) is 0 Å². The molecular formula is C15H18O. The number of benzene rings is 1. The predicted octanol–water partition coefficient (Wildman–Crippen LogP) is 4.11. The van der Waals surface area contributed by atoms with Gasteiger partial charge in [-0.05, 0) is 24.0 Å². The van der Waals surface area contributed by atoms with Crippen molar-refractivity contribution in [2.45, 2.75) is 20.8 Å². The molecule has 0 radical (unpaired) electrons. The molecule has 0 spiro atoms. The second kappa shape index (κ2) is 6.06. The molecule has 1 heteroatoms. The van der Waals surface area contributed by atoms with Gasteiger partial charge in [-0.3, -0.25) is 4.79 Å². The van der Waals surface area contributed by atoms with Gasteiger partial charge in [0.1, 0.15) is 6.29 Å². The molecule has 16 heavy (non-hydrogen) atoms. The Labute approximate surface area is 97.5 Å². The molecule has 84 valence electrons. The van der Waals surface area contributed by atoms with E-state index in [1.54, 1.807) is 0 Å². The Hall–Kier alpha value is -1.63. The van der Waals surface area contributed by atoms with Gasteiger partial charge in [0, 0.05) is 5.56 Å². The lowest BCUT2D eigenvalue weighted by Gasteiger charge is -2.00. The number of hydrogen-bond acceptors (Lipinski definition) is 1. The zero-order valence-electron chi connectivity index (χ0n) is 10.1. The first-order valence-corrected chi connectivity index (χ1v) is 5.54. The third kappa shape index (κ3) is 3.85. The quantitative estimate of drug-likeness (QED) is 0.544. The van der Waals surface area contributed by atoms with Crippen LogP contribution in [0, 0.1) is 5.92 Å². The van der Waals surface area contributed by atoms with Crippen LogP contribution in [0.4, 0.5) is 0 Å². The van der Waals surface area contributed by atoms with E-state index in [9.17, 15) is 4.79 Å². The molecule has 0 N–H and O–H groups in total. The zero-order valence-corrected chi connectivity index (χ0v) is 10.1. The van der Waals surface area contributed by atoms with Crippen LogP contribution in [-0.2, 0) is 0 Å². The number of rotatable bonds is 4. The molecule has 0 aliphatic heterocycles. The number of aldehydes is 1. The van der Waals surface area contributed by atoms with Crippen LogP contribution >= 0.6 is 0 Å². The molecule has 0 aromatic heterocycles. The van der Waals surface area contributed by atoms with Crippen molar-refractivity contribution in [3.8, 4) is 0 Å². The summed E-state index contributed by atoms with van der Waals surface area (Å²) in [6, 6.07) is 7.62. The van der Waals surface area contributed by atoms with Gasteiger partial charge in [-0.2, -0.15) is 0 Å². The molecule has 0 atom stereocenters. The second-order valence-electron chi connectivity index (χ2n) is 4.22. The topological polar surface area (TPSA) is 17.1 Å². The predicted molar refractivity (Wildman–Crippen MR) is 69.5 cm³/mol. The average Bonchev–Trinajstić information content (AvgIpc) is 2.28. The molecule has 0 bridgehead atoms. The van der Waals surface area contributed by atoms with E-state index in [1.807, 2.05) is 24.3 Å². The maximum Gasteiger partial charge on any atom is 0.150 e. The molecule has 0 aliphatic carbocycles. The van der Waals surface area contributed by atoms with Crippen molar-refractivity contribution in [2.24, 2.45) is 5.92 Å². The van der Waals surface area contributed by atoms with Crippen molar-refractivity contribution in [1.82, 2.24) is 0 Å². The molecule has 0 saturated carbocycles. The zero-order chi connectivity index (χ0) is 12.0. The largest absolute Gasteiger partial charge is 0.298 e. The highest BCUT2D eigenvalue weighted by Gasteiger charge is 1.94. The number of carbonyl (C=O) groups excluding carboxylic acids is 1. The van der Waals surface area contributed by atoms with E-state index in [2.05, 4.69) is 39.0 Å². The molecule has 1 rings (SSSR count). The highest BCUT2D eigenvalue weighted by molar-refractivity contribution is 5.76. The standard InChI is InChI=1S/C15H18O/c1-12(2)5-4-6-13(3)15-9-7-14(11-16)8-10-15/h4-12H,1-3H3/b5-4+,13-6+. The van der Waals surface area contributed by atoms with Gasteiger partial charge in [-0.25, -0.2) is 0 Å². The van der Waals surface area contributed by atoms with Crippen molar-refractivity contribution in [1.29, 1.82) is 0 Å². The molecule has 0 saturated heterocycles. The van der Waals surface area contributed by atoms with Gasteiger partial charge in [0.25, 0.3) is 0 Å². The van der Waals surface area contributed by atoms with Gasteiger partial charge in [0.05, 0.1) is 0 Å². The summed E-state index contributed by atoms with van der Waals surface area (Å²) in [6.07, 6.45) is 7.19. The summed E-state index contributed by atoms with van der Waals surface area (Å²) in [5.74, 6) is 0.571. The van der Waals surface area contributed by atoms with Crippen LogP contribution in [0.2, 0.25) is 0 Å². The molecule has 1 aromatic rings. The summed E-state index contributed by atoms with van der Waals surface area (Å²) in [5, 5.41) is 0. The van der Waals surface area contributed by atoms with E-state index < -0.39 is 0 Å². The van der Waals surface area contributed by atoms with Crippen LogP contribution in [0.3, 0.4) is 0 Å². The Morgan fingerprint density at radius 3 is 2.31 bits per heavy atom. The molecule has 0 unspecified atom stereocenters. The third-order valence-electron chi connectivity index (χ3n) is 2.34. The second-order valence-corrected chi connectivity index (χ2v) is 4.22. The lowest BCUT2D eigenvalue weighted by Crippen LogP contribution is -1.82. The third-order valence-corrected chi connectivity index (χ3v) is 2.34. The van der Waals surface area contributed by atoms with Gasteiger partial charge in [0.15, 0.2) is 0 Å². The van der Waals surface area contributed by atoms with Crippen LogP contribution in [0.1, 0.15) is 36.7 Å². The summed E-state index contributed by atoms with van der Waals surface area (Å²) < 4.78 is 0. The molecule has 0 fully saturated rings. The van der Waals surface area contributed by atoms with Gasteiger partial charge in [0.2, 0.25) is 0 Å². The summed E-state index contributed by atoms with van der Waals surface area (Å²) in [5.41, 5.74) is 3.07. The maximum absolute atomic E-state index is 10.5. The fourth-order valence-electron chi connectivity index (χ4n) is 1.34. The van der Waals surface area contributed by atoms with E-state index in [0.717, 1.165) is 11.8 Å². The summed E-state index contributed by atoms with van der Waals surface area (Å²) in [7, 11) is 0.